The molecule has 7 heteroatoms. The monoisotopic (exact) mass is 570 g/mol. The standard InChI is InChI=1S/C29H37ClN2O4.C4H10/c1-3-5-7-27(33)25-11-8-21(25)16-32-17-22(24-12-10-23(30)14-19(24)6-4-2)18-36-28-13-9-20(15-26(28)32)29(34)31-35;1-4(2)3/h5,7,9-10,12-13,15,21-23,25,35H,3-4,6,8,11,14,16-18H2,1-2H3,(H,31,34);4H,1-3H3/b7-5+;. The maximum absolute atomic E-state index is 12.7. The number of allylic oxidation sites excluding steroid dienone is 5. The summed E-state index contributed by atoms with van der Waals surface area (Å²) in [7, 11) is 0. The lowest BCUT2D eigenvalue weighted by Gasteiger charge is -2.40. The summed E-state index contributed by atoms with van der Waals surface area (Å²) in [6.45, 7) is 12.7. The van der Waals surface area contributed by atoms with E-state index < -0.39 is 5.91 Å². The summed E-state index contributed by atoms with van der Waals surface area (Å²) in [5.41, 5.74) is 5.61. The van der Waals surface area contributed by atoms with Crippen LogP contribution in [0.25, 0.3) is 0 Å². The van der Waals surface area contributed by atoms with E-state index in [2.05, 4.69) is 44.7 Å². The fraction of sp³-hybridized carbons (Fsp3) is 0.576. The molecule has 0 aromatic heterocycles. The van der Waals surface area contributed by atoms with Crippen LogP contribution >= 0.6 is 11.6 Å². The van der Waals surface area contributed by atoms with Gasteiger partial charge >= 0.3 is 0 Å². The number of ketones is 1. The van der Waals surface area contributed by atoms with Crippen LogP contribution in [0.3, 0.4) is 0 Å². The predicted molar refractivity (Wildman–Crippen MR) is 163 cm³/mol. The van der Waals surface area contributed by atoms with E-state index in [-0.39, 0.29) is 28.9 Å². The van der Waals surface area contributed by atoms with E-state index in [0.717, 1.165) is 56.7 Å². The van der Waals surface area contributed by atoms with Crippen LogP contribution in [-0.4, -0.2) is 42.0 Å². The van der Waals surface area contributed by atoms with E-state index in [4.69, 9.17) is 16.3 Å². The highest BCUT2D eigenvalue weighted by Gasteiger charge is 2.38. The molecule has 40 heavy (non-hydrogen) atoms. The van der Waals surface area contributed by atoms with Crippen molar-refractivity contribution < 1.29 is 19.5 Å². The number of carbonyl (C=O) groups is 2. The van der Waals surface area contributed by atoms with Gasteiger partial charge in [-0.1, -0.05) is 64.8 Å². The van der Waals surface area contributed by atoms with Crippen molar-refractivity contribution in [3.05, 3.63) is 59.2 Å². The van der Waals surface area contributed by atoms with Crippen LogP contribution in [0.15, 0.2) is 53.6 Å². The first-order valence-corrected chi connectivity index (χ1v) is 15.3. The molecule has 0 saturated heterocycles. The number of fused-ring (bicyclic) bond motifs is 1. The van der Waals surface area contributed by atoms with E-state index in [9.17, 15) is 14.8 Å². The van der Waals surface area contributed by atoms with Crippen molar-refractivity contribution in [1.29, 1.82) is 0 Å². The molecule has 1 heterocycles. The Bertz CT molecular complexity index is 1110. The largest absolute Gasteiger partial charge is 0.491 e. The molecule has 4 unspecified atom stereocenters. The minimum atomic E-state index is -0.559. The first-order valence-electron chi connectivity index (χ1n) is 14.9. The van der Waals surface area contributed by atoms with Crippen molar-refractivity contribution in [2.24, 2.45) is 23.7 Å². The van der Waals surface area contributed by atoms with E-state index >= 15 is 0 Å². The summed E-state index contributed by atoms with van der Waals surface area (Å²) in [6.07, 6.45) is 13.6. The van der Waals surface area contributed by atoms with Crippen molar-refractivity contribution in [2.45, 2.75) is 78.5 Å². The van der Waals surface area contributed by atoms with Gasteiger partial charge in [0.25, 0.3) is 5.91 Å². The first kappa shape index (κ1) is 32.0. The number of nitrogens with zero attached hydrogens (tertiary/aromatic N) is 1. The molecule has 1 aromatic rings. The van der Waals surface area contributed by atoms with E-state index in [1.165, 1.54) is 11.1 Å². The van der Waals surface area contributed by atoms with Gasteiger partial charge in [0, 0.05) is 30.5 Å². The van der Waals surface area contributed by atoms with Crippen LogP contribution in [-0.2, 0) is 4.79 Å². The molecule has 4 rings (SSSR count). The zero-order valence-corrected chi connectivity index (χ0v) is 25.5. The summed E-state index contributed by atoms with van der Waals surface area (Å²) in [5, 5.41) is 9.19. The Hall–Kier alpha value is -2.57. The van der Waals surface area contributed by atoms with Gasteiger partial charge in [0.15, 0.2) is 5.78 Å². The number of anilines is 1. The minimum Gasteiger partial charge on any atom is -0.491 e. The van der Waals surface area contributed by atoms with Crippen LogP contribution in [0.1, 0.15) is 83.5 Å². The normalized spacial score (nSPS) is 24.1. The Morgan fingerprint density at radius 2 is 1.98 bits per heavy atom. The molecule has 1 fully saturated rings. The summed E-state index contributed by atoms with van der Waals surface area (Å²) in [4.78, 5) is 27.2. The average Bonchev–Trinajstić information content (AvgIpc) is 3.08. The number of hydrogen-bond donors (Lipinski definition) is 2. The molecule has 4 atom stereocenters. The summed E-state index contributed by atoms with van der Waals surface area (Å²) in [6, 6.07) is 5.24. The number of benzene rings is 1. The minimum absolute atomic E-state index is 0.0211. The number of hydroxylamine groups is 1. The van der Waals surface area contributed by atoms with E-state index in [0.29, 0.717) is 24.5 Å². The van der Waals surface area contributed by atoms with Gasteiger partial charge in [0.2, 0.25) is 0 Å². The summed E-state index contributed by atoms with van der Waals surface area (Å²) >= 11 is 6.46. The van der Waals surface area contributed by atoms with Gasteiger partial charge in [-0.25, -0.2) is 5.48 Å². The molecule has 1 aliphatic heterocycles. The second-order valence-electron chi connectivity index (χ2n) is 11.8. The van der Waals surface area contributed by atoms with Crippen molar-refractivity contribution in [2.75, 3.05) is 24.6 Å². The fourth-order valence-electron chi connectivity index (χ4n) is 5.58. The molecule has 2 N–H and O–H groups in total. The number of halogens is 1. The lowest BCUT2D eigenvalue weighted by atomic mass is 9.70. The molecule has 1 aromatic carbocycles. The van der Waals surface area contributed by atoms with Crippen LogP contribution in [0, 0.1) is 23.7 Å². The van der Waals surface area contributed by atoms with Crippen LogP contribution in [0.2, 0.25) is 0 Å². The van der Waals surface area contributed by atoms with Gasteiger partial charge in [-0.2, -0.15) is 0 Å². The van der Waals surface area contributed by atoms with Gasteiger partial charge in [-0.15, -0.1) is 11.6 Å². The summed E-state index contributed by atoms with van der Waals surface area (Å²) < 4.78 is 6.31. The van der Waals surface area contributed by atoms with Gasteiger partial charge in [0.05, 0.1) is 17.7 Å². The molecule has 3 aliphatic rings. The Balaban J connectivity index is 0.00000103. The Morgan fingerprint density at radius 3 is 2.60 bits per heavy atom. The van der Waals surface area contributed by atoms with Crippen LogP contribution in [0.5, 0.6) is 5.75 Å². The molecular weight excluding hydrogens is 524 g/mol. The third-order valence-corrected chi connectivity index (χ3v) is 7.93. The summed E-state index contributed by atoms with van der Waals surface area (Å²) in [5.74, 6) is 1.62. The molecule has 0 spiro atoms. The number of rotatable bonds is 9. The quantitative estimate of drug-likeness (QED) is 0.139. The highest BCUT2D eigenvalue weighted by molar-refractivity contribution is 6.22. The lowest BCUT2D eigenvalue weighted by molar-refractivity contribution is -0.122. The van der Waals surface area contributed by atoms with Gasteiger partial charge < -0.3 is 9.64 Å². The average molecular weight is 571 g/mol. The van der Waals surface area contributed by atoms with Gasteiger partial charge in [0.1, 0.15) is 5.75 Å². The first-order chi connectivity index (χ1) is 19.2. The Labute approximate surface area is 245 Å². The smallest absolute Gasteiger partial charge is 0.274 e. The van der Waals surface area contributed by atoms with Gasteiger partial charge in [-0.3, -0.25) is 14.8 Å². The molecular formula is C33H47ClN2O4. The second kappa shape index (κ2) is 15.4. The number of ether oxygens (including phenoxy) is 1. The highest BCUT2D eigenvalue weighted by Crippen LogP contribution is 2.41. The van der Waals surface area contributed by atoms with E-state index in [1.54, 1.807) is 29.8 Å². The molecule has 1 amide bonds. The fourth-order valence-corrected chi connectivity index (χ4v) is 5.84. The Kier molecular flexibility index (Phi) is 12.3. The van der Waals surface area contributed by atoms with Crippen molar-refractivity contribution in [3.8, 4) is 5.75 Å². The molecule has 2 aliphatic carbocycles. The maximum Gasteiger partial charge on any atom is 0.274 e. The second-order valence-corrected chi connectivity index (χ2v) is 12.4. The third kappa shape index (κ3) is 8.47. The highest BCUT2D eigenvalue weighted by atomic mass is 35.5. The number of carbonyl (C=O) groups excluding carboxylic acids is 2. The van der Waals surface area contributed by atoms with E-state index in [1.807, 2.05) is 13.0 Å². The molecule has 6 nitrogen and oxygen atoms in total. The molecule has 0 radical (unpaired) electrons. The number of nitrogens with one attached hydrogen (secondary N) is 1. The zero-order chi connectivity index (χ0) is 29.2. The topological polar surface area (TPSA) is 78.9 Å². The third-order valence-electron chi connectivity index (χ3n) is 7.63. The number of amides is 1. The molecule has 1 saturated carbocycles. The predicted octanol–water partition coefficient (Wildman–Crippen LogP) is 7.51. The SMILES string of the molecule is CC(C)C.CC/C=C/C(=O)C1CCC1CN1CC(C2=C(CCC)CC(Cl)C=C2)COc2ccc(C(=O)NO)cc21. The van der Waals surface area contributed by atoms with Gasteiger partial charge in [-0.05, 0) is 73.8 Å². The number of hydrogen-bond acceptors (Lipinski definition) is 5. The lowest BCUT2D eigenvalue weighted by Crippen LogP contribution is -2.43. The van der Waals surface area contributed by atoms with Crippen LogP contribution < -0.4 is 15.1 Å². The van der Waals surface area contributed by atoms with Crippen molar-refractivity contribution >= 4 is 29.0 Å². The maximum atomic E-state index is 12.7. The Morgan fingerprint density at radius 1 is 1.23 bits per heavy atom. The van der Waals surface area contributed by atoms with Crippen molar-refractivity contribution in [1.82, 2.24) is 5.48 Å². The molecule has 220 valence electrons. The number of alkyl halides is 1. The van der Waals surface area contributed by atoms with Crippen LogP contribution in [0.4, 0.5) is 5.69 Å². The van der Waals surface area contributed by atoms with Crippen molar-refractivity contribution in [3.63, 3.8) is 0 Å². The molecule has 0 bridgehead atoms. The zero-order valence-electron chi connectivity index (χ0n) is 24.8.